The second kappa shape index (κ2) is 10.2. The van der Waals surface area contributed by atoms with E-state index in [1.165, 1.54) is 28.8 Å². The van der Waals surface area contributed by atoms with E-state index < -0.39 is 10.0 Å². The van der Waals surface area contributed by atoms with Gasteiger partial charge >= 0.3 is 0 Å². The molecule has 1 unspecified atom stereocenters. The zero-order valence-electron chi connectivity index (χ0n) is 17.7. The van der Waals surface area contributed by atoms with Crippen molar-refractivity contribution in [1.29, 1.82) is 0 Å². The van der Waals surface area contributed by atoms with Gasteiger partial charge in [-0.2, -0.15) is 4.31 Å². The van der Waals surface area contributed by atoms with E-state index in [9.17, 15) is 13.2 Å². The first-order valence-corrected chi connectivity index (χ1v) is 12.8. The third-order valence-electron chi connectivity index (χ3n) is 5.35. The van der Waals surface area contributed by atoms with E-state index >= 15 is 0 Å². The number of rotatable bonds is 8. The Labute approximate surface area is 193 Å². The van der Waals surface area contributed by atoms with Gasteiger partial charge in [0.05, 0.1) is 18.0 Å². The molecule has 1 fully saturated rings. The van der Waals surface area contributed by atoms with Crippen LogP contribution >= 0.6 is 22.9 Å². The predicted octanol–water partition coefficient (Wildman–Crippen LogP) is 4.80. The summed E-state index contributed by atoms with van der Waals surface area (Å²) in [6, 6.07) is 8.13. The van der Waals surface area contributed by atoms with Gasteiger partial charge in [-0.25, -0.2) is 8.42 Å². The number of benzene rings is 1. The van der Waals surface area contributed by atoms with Crippen molar-refractivity contribution in [3.05, 3.63) is 57.8 Å². The highest BCUT2D eigenvalue weighted by Crippen LogP contribution is 2.32. The molecule has 3 rings (SSSR count). The molecule has 1 aliphatic rings. The Morgan fingerprint density at radius 1 is 1.35 bits per heavy atom. The van der Waals surface area contributed by atoms with E-state index in [0.717, 1.165) is 24.1 Å². The summed E-state index contributed by atoms with van der Waals surface area (Å²) in [5.74, 6) is -0.0511. The number of ether oxygens (including phenoxy) is 1. The molecule has 1 amide bonds. The topological polar surface area (TPSA) is 66.9 Å². The van der Waals surface area contributed by atoms with Crippen LogP contribution in [0, 0.1) is 0 Å². The Morgan fingerprint density at radius 3 is 2.74 bits per heavy atom. The largest absolute Gasteiger partial charge is 0.495 e. The van der Waals surface area contributed by atoms with E-state index in [0.29, 0.717) is 24.0 Å². The lowest BCUT2D eigenvalue weighted by atomic mass is 10.1. The van der Waals surface area contributed by atoms with E-state index in [1.807, 2.05) is 13.0 Å². The molecule has 0 N–H and O–H groups in total. The number of carbonyl (C=O) groups is 1. The molecule has 0 spiro atoms. The predicted molar refractivity (Wildman–Crippen MR) is 124 cm³/mol. The van der Waals surface area contributed by atoms with Crippen molar-refractivity contribution in [1.82, 2.24) is 9.21 Å². The molecular weight excluding hydrogens is 456 g/mol. The van der Waals surface area contributed by atoms with E-state index in [2.05, 4.69) is 6.58 Å². The number of piperidine rings is 1. The lowest BCUT2D eigenvalue weighted by Crippen LogP contribution is -2.42. The molecule has 1 atom stereocenters. The SMILES string of the molecule is C=CCN(Cc1ccc(Cl)s1)C(=O)c1ccc(OC)c(S(=O)(=O)N2CCCCC2C)c1. The van der Waals surface area contributed by atoms with Crippen LogP contribution in [-0.4, -0.2) is 49.8 Å². The minimum atomic E-state index is -3.80. The molecule has 1 aromatic carbocycles. The maximum atomic E-state index is 13.4. The molecule has 2 aromatic rings. The molecule has 168 valence electrons. The van der Waals surface area contributed by atoms with Crippen molar-refractivity contribution in [3.63, 3.8) is 0 Å². The van der Waals surface area contributed by atoms with Crippen molar-refractivity contribution in [2.75, 3.05) is 20.2 Å². The van der Waals surface area contributed by atoms with Crippen molar-refractivity contribution in [2.24, 2.45) is 0 Å². The van der Waals surface area contributed by atoms with Gasteiger partial charge in [-0.05, 0) is 50.1 Å². The highest BCUT2D eigenvalue weighted by molar-refractivity contribution is 7.89. The van der Waals surface area contributed by atoms with E-state index in [-0.39, 0.29) is 28.2 Å². The molecule has 0 radical (unpaired) electrons. The average Bonchev–Trinajstić information content (AvgIpc) is 3.17. The van der Waals surface area contributed by atoms with Gasteiger partial charge in [0.15, 0.2) is 0 Å². The molecule has 6 nitrogen and oxygen atoms in total. The lowest BCUT2D eigenvalue weighted by Gasteiger charge is -2.32. The van der Waals surface area contributed by atoms with Gasteiger partial charge in [0.25, 0.3) is 5.91 Å². The quantitative estimate of drug-likeness (QED) is 0.507. The van der Waals surface area contributed by atoms with Gasteiger partial charge in [0.1, 0.15) is 10.6 Å². The fraction of sp³-hybridized carbons (Fsp3) is 0.409. The molecular formula is C22H27ClN2O4S2. The number of carbonyl (C=O) groups excluding carboxylic acids is 1. The van der Waals surface area contributed by atoms with E-state index in [4.69, 9.17) is 16.3 Å². The second-order valence-electron chi connectivity index (χ2n) is 7.51. The van der Waals surface area contributed by atoms with Gasteiger partial charge < -0.3 is 9.64 Å². The second-order valence-corrected chi connectivity index (χ2v) is 11.2. The Balaban J connectivity index is 1.96. The van der Waals surface area contributed by atoms with Crippen LogP contribution in [0.15, 0.2) is 47.9 Å². The van der Waals surface area contributed by atoms with Crippen LogP contribution in [0.25, 0.3) is 0 Å². The summed E-state index contributed by atoms with van der Waals surface area (Å²) in [6.07, 6.45) is 4.29. The van der Waals surface area contributed by atoms with Crippen LogP contribution in [0.2, 0.25) is 4.34 Å². The molecule has 9 heteroatoms. The summed E-state index contributed by atoms with van der Waals surface area (Å²) in [4.78, 5) is 15.8. The standard InChI is InChI=1S/C22H27ClN2O4S2/c1-4-12-24(15-18-9-11-21(23)30-18)22(26)17-8-10-19(29-3)20(14-17)31(27,28)25-13-6-5-7-16(25)2/h4,8-11,14,16H,1,5-7,12-13,15H2,2-3H3. The maximum absolute atomic E-state index is 13.4. The van der Waals surface area contributed by atoms with Crippen LogP contribution in [-0.2, 0) is 16.6 Å². The van der Waals surface area contributed by atoms with Crippen molar-refractivity contribution in [2.45, 2.75) is 43.7 Å². The van der Waals surface area contributed by atoms with Crippen LogP contribution in [0.5, 0.6) is 5.75 Å². The molecule has 2 heterocycles. The average molecular weight is 483 g/mol. The zero-order chi connectivity index (χ0) is 22.6. The number of sulfonamides is 1. The van der Waals surface area contributed by atoms with Gasteiger partial charge in [0.2, 0.25) is 10.0 Å². The molecule has 1 saturated heterocycles. The van der Waals surface area contributed by atoms with Gasteiger partial charge in [-0.3, -0.25) is 4.79 Å². The summed E-state index contributed by atoms with van der Waals surface area (Å²) in [6.45, 7) is 6.80. The van der Waals surface area contributed by atoms with Crippen LogP contribution < -0.4 is 4.74 Å². The summed E-state index contributed by atoms with van der Waals surface area (Å²) in [7, 11) is -2.37. The number of thiophene rings is 1. The minimum absolute atomic E-state index is 0.0207. The number of amides is 1. The van der Waals surface area contributed by atoms with Crippen LogP contribution in [0.3, 0.4) is 0 Å². The van der Waals surface area contributed by atoms with Crippen molar-refractivity contribution < 1.29 is 17.9 Å². The molecule has 1 aromatic heterocycles. The third kappa shape index (κ3) is 5.31. The first-order valence-electron chi connectivity index (χ1n) is 10.1. The summed E-state index contributed by atoms with van der Waals surface area (Å²) in [5.41, 5.74) is 0.286. The lowest BCUT2D eigenvalue weighted by molar-refractivity contribution is 0.0764. The van der Waals surface area contributed by atoms with Gasteiger partial charge in [-0.1, -0.05) is 24.1 Å². The number of hydrogen-bond donors (Lipinski definition) is 0. The number of methoxy groups -OCH3 is 1. The highest BCUT2D eigenvalue weighted by Gasteiger charge is 2.34. The van der Waals surface area contributed by atoms with E-state index in [1.54, 1.807) is 29.2 Å². The number of hydrogen-bond acceptors (Lipinski definition) is 5. The fourth-order valence-corrected chi connectivity index (χ4v) is 6.74. The highest BCUT2D eigenvalue weighted by atomic mass is 35.5. The minimum Gasteiger partial charge on any atom is -0.495 e. The van der Waals surface area contributed by atoms with Crippen molar-refractivity contribution >= 4 is 38.9 Å². The van der Waals surface area contributed by atoms with Gasteiger partial charge in [-0.15, -0.1) is 17.9 Å². The number of nitrogens with zero attached hydrogens (tertiary/aromatic N) is 2. The summed E-state index contributed by atoms with van der Waals surface area (Å²) < 4.78 is 34.4. The Morgan fingerprint density at radius 2 is 2.13 bits per heavy atom. The van der Waals surface area contributed by atoms with Gasteiger partial charge in [0, 0.05) is 29.6 Å². The summed E-state index contributed by atoms with van der Waals surface area (Å²) in [5, 5.41) is 0. The first kappa shape index (κ1) is 23.8. The normalized spacial score (nSPS) is 17.3. The Hall–Kier alpha value is -1.87. The Kier molecular flexibility index (Phi) is 7.80. The third-order valence-corrected chi connectivity index (χ3v) is 8.60. The molecule has 31 heavy (non-hydrogen) atoms. The summed E-state index contributed by atoms with van der Waals surface area (Å²) >= 11 is 7.42. The van der Waals surface area contributed by atoms with Crippen LogP contribution in [0.4, 0.5) is 0 Å². The van der Waals surface area contributed by atoms with Crippen LogP contribution in [0.1, 0.15) is 41.4 Å². The molecule has 0 saturated carbocycles. The van der Waals surface area contributed by atoms with Crippen molar-refractivity contribution in [3.8, 4) is 5.75 Å². The zero-order valence-corrected chi connectivity index (χ0v) is 20.1. The monoisotopic (exact) mass is 482 g/mol. The fourth-order valence-electron chi connectivity index (χ4n) is 3.75. The Bertz CT molecular complexity index is 1050. The molecule has 0 aliphatic carbocycles. The smallest absolute Gasteiger partial charge is 0.254 e. The first-order chi connectivity index (χ1) is 14.8. The molecule has 0 bridgehead atoms. The maximum Gasteiger partial charge on any atom is 0.254 e. The molecule has 1 aliphatic heterocycles. The number of halogens is 1.